The van der Waals surface area contributed by atoms with E-state index in [1.54, 1.807) is 16.8 Å². The van der Waals surface area contributed by atoms with Crippen molar-refractivity contribution in [3.05, 3.63) is 23.9 Å². The Labute approximate surface area is 112 Å². The summed E-state index contributed by atoms with van der Waals surface area (Å²) >= 11 is 0. The van der Waals surface area contributed by atoms with Crippen molar-refractivity contribution in [2.75, 3.05) is 5.73 Å². The third-order valence-electron chi connectivity index (χ3n) is 2.38. The zero-order chi connectivity index (χ0) is 14.0. The molecule has 0 saturated carbocycles. The number of rotatable bonds is 4. The summed E-state index contributed by atoms with van der Waals surface area (Å²) in [5, 5.41) is 4.20. The van der Waals surface area contributed by atoms with Crippen molar-refractivity contribution < 1.29 is 9.47 Å². The highest BCUT2D eigenvalue weighted by molar-refractivity contribution is 5.49. The summed E-state index contributed by atoms with van der Waals surface area (Å²) in [7, 11) is 1.81. The molecule has 0 amide bonds. The lowest BCUT2D eigenvalue weighted by molar-refractivity contribution is 0.231. The van der Waals surface area contributed by atoms with Gasteiger partial charge in [-0.2, -0.15) is 10.1 Å². The molecule has 0 radical (unpaired) electrons. The minimum atomic E-state index is 0.00370. The van der Waals surface area contributed by atoms with Gasteiger partial charge >= 0.3 is 0 Å². The maximum absolute atomic E-state index is 5.80. The summed E-state index contributed by atoms with van der Waals surface area (Å²) in [5.74, 6) is 1.42. The van der Waals surface area contributed by atoms with Crippen LogP contribution < -0.4 is 15.2 Å². The van der Waals surface area contributed by atoms with Crippen LogP contribution in [0.4, 0.5) is 5.69 Å². The minimum Gasteiger partial charge on any atom is -0.473 e. The molecule has 2 N–H and O–H groups in total. The Bertz CT molecular complexity index is 578. The molecule has 0 spiro atoms. The van der Waals surface area contributed by atoms with Crippen molar-refractivity contribution in [1.82, 2.24) is 14.8 Å². The molecule has 0 bridgehead atoms. The average molecular weight is 262 g/mol. The fourth-order valence-electron chi connectivity index (χ4n) is 1.60. The van der Waals surface area contributed by atoms with E-state index in [9.17, 15) is 0 Å². The van der Waals surface area contributed by atoms with E-state index in [-0.39, 0.29) is 6.10 Å². The number of nitrogen functional groups attached to an aromatic ring is 1. The number of ether oxygens (including phenoxy) is 2. The Hall–Kier alpha value is -2.24. The van der Waals surface area contributed by atoms with E-state index in [0.29, 0.717) is 23.3 Å². The molecular formula is C13H18N4O2. The number of nitrogens with zero attached hydrogens (tertiary/aromatic N) is 3. The predicted octanol–water partition coefficient (Wildman–Crippen LogP) is 2.29. The Morgan fingerprint density at radius 1 is 1.32 bits per heavy atom. The highest BCUT2D eigenvalue weighted by Crippen LogP contribution is 2.26. The van der Waals surface area contributed by atoms with Gasteiger partial charge in [-0.25, -0.2) is 4.68 Å². The highest BCUT2D eigenvalue weighted by Gasteiger charge is 2.10. The van der Waals surface area contributed by atoms with Crippen LogP contribution in [0.2, 0.25) is 0 Å². The van der Waals surface area contributed by atoms with E-state index in [1.807, 2.05) is 33.9 Å². The van der Waals surface area contributed by atoms with Crippen molar-refractivity contribution in [3.8, 4) is 17.6 Å². The zero-order valence-corrected chi connectivity index (χ0v) is 11.5. The van der Waals surface area contributed by atoms with Gasteiger partial charge in [-0.15, -0.1) is 0 Å². The largest absolute Gasteiger partial charge is 0.473 e. The molecule has 0 atom stereocenters. The highest BCUT2D eigenvalue weighted by atomic mass is 16.5. The third kappa shape index (κ3) is 3.15. The maximum atomic E-state index is 5.80. The molecule has 102 valence electrons. The SMILES string of the molecule is Cc1cc(Oc2ccc(N)c(OC(C)C)n2)n(C)n1. The summed E-state index contributed by atoms with van der Waals surface area (Å²) in [5.41, 5.74) is 7.17. The van der Waals surface area contributed by atoms with Crippen molar-refractivity contribution in [2.45, 2.75) is 26.9 Å². The molecule has 6 heteroatoms. The van der Waals surface area contributed by atoms with Gasteiger partial charge in [0.2, 0.25) is 17.6 Å². The van der Waals surface area contributed by atoms with E-state index in [4.69, 9.17) is 15.2 Å². The van der Waals surface area contributed by atoms with Gasteiger partial charge in [0.15, 0.2) is 0 Å². The standard InChI is InChI=1S/C13H18N4O2/c1-8(2)18-13-10(14)5-6-11(15-13)19-12-7-9(3)16-17(12)4/h5-8H,14H2,1-4H3. The van der Waals surface area contributed by atoms with Crippen LogP contribution in [0.3, 0.4) is 0 Å². The van der Waals surface area contributed by atoms with Gasteiger partial charge in [0.1, 0.15) is 0 Å². The summed E-state index contributed by atoms with van der Waals surface area (Å²) < 4.78 is 12.8. The van der Waals surface area contributed by atoms with Crippen LogP contribution in [0, 0.1) is 6.92 Å². The van der Waals surface area contributed by atoms with Gasteiger partial charge in [-0.3, -0.25) is 0 Å². The van der Waals surface area contributed by atoms with Crippen molar-refractivity contribution in [1.29, 1.82) is 0 Å². The van der Waals surface area contributed by atoms with Crippen molar-refractivity contribution in [2.24, 2.45) is 7.05 Å². The third-order valence-corrected chi connectivity index (χ3v) is 2.38. The molecular weight excluding hydrogens is 244 g/mol. The second-order valence-corrected chi connectivity index (χ2v) is 4.56. The first-order valence-electron chi connectivity index (χ1n) is 6.07. The average Bonchev–Trinajstić information content (AvgIpc) is 2.61. The van der Waals surface area contributed by atoms with Crippen LogP contribution in [0.25, 0.3) is 0 Å². The first-order chi connectivity index (χ1) is 8.95. The number of hydrogen-bond donors (Lipinski definition) is 1. The Balaban J connectivity index is 2.23. The topological polar surface area (TPSA) is 75.2 Å². The number of nitrogens with two attached hydrogens (primary N) is 1. The Kier molecular flexibility index (Phi) is 3.59. The van der Waals surface area contributed by atoms with E-state index >= 15 is 0 Å². The van der Waals surface area contributed by atoms with E-state index in [1.165, 1.54) is 0 Å². The molecule has 19 heavy (non-hydrogen) atoms. The maximum Gasteiger partial charge on any atom is 0.240 e. The minimum absolute atomic E-state index is 0.00370. The van der Waals surface area contributed by atoms with Gasteiger partial charge in [0, 0.05) is 19.2 Å². The van der Waals surface area contributed by atoms with Crippen molar-refractivity contribution in [3.63, 3.8) is 0 Å². The molecule has 0 aliphatic carbocycles. The molecule has 0 unspecified atom stereocenters. The van der Waals surface area contributed by atoms with E-state index in [0.717, 1.165) is 5.69 Å². The summed E-state index contributed by atoms with van der Waals surface area (Å²) in [6, 6.07) is 5.25. The van der Waals surface area contributed by atoms with Crippen LogP contribution in [0.1, 0.15) is 19.5 Å². The molecule has 0 aromatic carbocycles. The Morgan fingerprint density at radius 3 is 2.63 bits per heavy atom. The van der Waals surface area contributed by atoms with Crippen LogP contribution in [-0.2, 0) is 7.05 Å². The first kappa shape index (κ1) is 13.2. The fraction of sp³-hybridized carbons (Fsp3) is 0.385. The van der Waals surface area contributed by atoms with Crippen LogP contribution in [0.15, 0.2) is 18.2 Å². The van der Waals surface area contributed by atoms with Gasteiger partial charge in [0.05, 0.1) is 17.5 Å². The second-order valence-electron chi connectivity index (χ2n) is 4.56. The van der Waals surface area contributed by atoms with Crippen molar-refractivity contribution >= 4 is 5.69 Å². The zero-order valence-electron chi connectivity index (χ0n) is 11.5. The normalized spacial score (nSPS) is 10.8. The quantitative estimate of drug-likeness (QED) is 0.914. The molecule has 2 heterocycles. The first-order valence-corrected chi connectivity index (χ1v) is 6.07. The lowest BCUT2D eigenvalue weighted by Crippen LogP contribution is -2.09. The smallest absolute Gasteiger partial charge is 0.240 e. The molecule has 2 rings (SSSR count). The Morgan fingerprint density at radius 2 is 2.05 bits per heavy atom. The number of hydrogen-bond acceptors (Lipinski definition) is 5. The summed E-state index contributed by atoms with van der Waals surface area (Å²) in [4.78, 5) is 4.25. The molecule has 2 aromatic heterocycles. The lowest BCUT2D eigenvalue weighted by atomic mass is 10.4. The molecule has 0 fully saturated rings. The van der Waals surface area contributed by atoms with Gasteiger partial charge in [0.25, 0.3) is 0 Å². The fourth-order valence-corrected chi connectivity index (χ4v) is 1.60. The van der Waals surface area contributed by atoms with Gasteiger partial charge < -0.3 is 15.2 Å². The lowest BCUT2D eigenvalue weighted by Gasteiger charge is -2.12. The van der Waals surface area contributed by atoms with Gasteiger partial charge in [-0.1, -0.05) is 0 Å². The summed E-state index contributed by atoms with van der Waals surface area (Å²) in [6.45, 7) is 5.73. The second kappa shape index (κ2) is 5.17. The number of aryl methyl sites for hydroxylation is 2. The van der Waals surface area contributed by atoms with Gasteiger partial charge in [-0.05, 0) is 26.8 Å². The van der Waals surface area contributed by atoms with Crippen LogP contribution >= 0.6 is 0 Å². The number of pyridine rings is 1. The molecule has 0 saturated heterocycles. The molecule has 0 aliphatic heterocycles. The summed E-state index contributed by atoms with van der Waals surface area (Å²) in [6.07, 6.45) is 0.00370. The van der Waals surface area contributed by atoms with Crippen LogP contribution in [-0.4, -0.2) is 20.9 Å². The molecule has 6 nitrogen and oxygen atoms in total. The molecule has 2 aromatic rings. The number of anilines is 1. The predicted molar refractivity (Wildman–Crippen MR) is 72.4 cm³/mol. The monoisotopic (exact) mass is 262 g/mol. The number of aromatic nitrogens is 3. The van der Waals surface area contributed by atoms with Crippen LogP contribution in [0.5, 0.6) is 17.6 Å². The molecule has 0 aliphatic rings. The van der Waals surface area contributed by atoms with E-state index < -0.39 is 0 Å². The van der Waals surface area contributed by atoms with E-state index in [2.05, 4.69) is 10.1 Å².